The van der Waals surface area contributed by atoms with E-state index in [-0.39, 0.29) is 17.1 Å². The first kappa shape index (κ1) is 14.6. The number of carbonyl (C=O) groups excluding carboxylic acids is 1. The summed E-state index contributed by atoms with van der Waals surface area (Å²) in [5.41, 5.74) is 1.20. The van der Waals surface area contributed by atoms with Crippen LogP contribution < -0.4 is 4.74 Å². The Bertz CT molecular complexity index is 648. The zero-order valence-corrected chi connectivity index (χ0v) is 13.0. The van der Waals surface area contributed by atoms with Crippen LogP contribution in [0, 0.1) is 3.57 Å². The molecule has 2 rings (SSSR count). The molecule has 102 valence electrons. The van der Waals surface area contributed by atoms with Crippen LogP contribution in [0.1, 0.15) is 15.9 Å². The summed E-state index contributed by atoms with van der Waals surface area (Å²) in [4.78, 5) is 12.1. The quantitative estimate of drug-likeness (QED) is 0.497. The lowest BCUT2D eigenvalue weighted by Gasteiger charge is -2.07. The standard InChI is InChI=1S/C16H13IO3/c1-20-14-10-8-12(16(19)15(14)17)13(18)9-7-11-5-3-2-4-6-11/h2-10,19H,1H3/b9-7+. The van der Waals surface area contributed by atoms with E-state index < -0.39 is 0 Å². The molecule has 2 aromatic rings. The summed E-state index contributed by atoms with van der Waals surface area (Å²) in [5.74, 6) is 0.256. The lowest BCUT2D eigenvalue weighted by Crippen LogP contribution is -1.98. The molecule has 0 aliphatic heterocycles. The van der Waals surface area contributed by atoms with Crippen molar-refractivity contribution in [1.82, 2.24) is 0 Å². The van der Waals surface area contributed by atoms with E-state index in [1.54, 1.807) is 18.2 Å². The van der Waals surface area contributed by atoms with Crippen molar-refractivity contribution < 1.29 is 14.6 Å². The van der Waals surface area contributed by atoms with Crippen LogP contribution in [0.2, 0.25) is 0 Å². The highest BCUT2D eigenvalue weighted by molar-refractivity contribution is 14.1. The number of rotatable bonds is 4. The summed E-state index contributed by atoms with van der Waals surface area (Å²) in [5, 5.41) is 10.0. The van der Waals surface area contributed by atoms with Gasteiger partial charge in [-0.05, 0) is 46.4 Å². The third kappa shape index (κ3) is 3.19. The Balaban J connectivity index is 2.26. The van der Waals surface area contributed by atoms with E-state index in [2.05, 4.69) is 0 Å². The van der Waals surface area contributed by atoms with Gasteiger partial charge in [-0.25, -0.2) is 0 Å². The fourth-order valence-electron chi connectivity index (χ4n) is 1.73. The smallest absolute Gasteiger partial charge is 0.189 e. The molecule has 0 saturated heterocycles. The number of phenols is 1. The number of benzene rings is 2. The van der Waals surface area contributed by atoms with Gasteiger partial charge >= 0.3 is 0 Å². The van der Waals surface area contributed by atoms with Gasteiger partial charge in [0.05, 0.1) is 16.2 Å². The molecule has 0 fully saturated rings. The molecule has 4 heteroatoms. The van der Waals surface area contributed by atoms with E-state index >= 15 is 0 Å². The predicted molar refractivity (Wildman–Crippen MR) is 87.2 cm³/mol. The topological polar surface area (TPSA) is 46.5 Å². The van der Waals surface area contributed by atoms with Crippen LogP contribution in [0.4, 0.5) is 0 Å². The summed E-state index contributed by atoms with van der Waals surface area (Å²) >= 11 is 1.95. The molecule has 0 bridgehead atoms. The number of aromatic hydroxyl groups is 1. The van der Waals surface area contributed by atoms with Crippen LogP contribution >= 0.6 is 22.6 Å². The first-order valence-corrected chi connectivity index (χ1v) is 7.04. The number of allylic oxidation sites excluding steroid dienone is 1. The van der Waals surface area contributed by atoms with Crippen LogP contribution in [0.5, 0.6) is 11.5 Å². The fourth-order valence-corrected chi connectivity index (χ4v) is 2.42. The van der Waals surface area contributed by atoms with Crippen molar-refractivity contribution in [2.24, 2.45) is 0 Å². The van der Waals surface area contributed by atoms with Gasteiger partial charge in [-0.1, -0.05) is 36.4 Å². The minimum absolute atomic E-state index is 0.0485. The van der Waals surface area contributed by atoms with E-state index in [0.29, 0.717) is 9.32 Å². The predicted octanol–water partition coefficient (Wildman–Crippen LogP) is 3.90. The van der Waals surface area contributed by atoms with Gasteiger partial charge in [0.15, 0.2) is 5.78 Å². The minimum Gasteiger partial charge on any atom is -0.506 e. The lowest BCUT2D eigenvalue weighted by atomic mass is 10.1. The highest BCUT2D eigenvalue weighted by Gasteiger charge is 2.14. The van der Waals surface area contributed by atoms with Crippen molar-refractivity contribution >= 4 is 34.5 Å². The van der Waals surface area contributed by atoms with Gasteiger partial charge in [0, 0.05) is 0 Å². The molecule has 2 aromatic carbocycles. The molecule has 20 heavy (non-hydrogen) atoms. The summed E-state index contributed by atoms with van der Waals surface area (Å²) in [6.45, 7) is 0. The number of hydrogen-bond acceptors (Lipinski definition) is 3. The number of ether oxygens (including phenoxy) is 1. The molecular weight excluding hydrogens is 367 g/mol. The van der Waals surface area contributed by atoms with E-state index in [1.807, 2.05) is 52.9 Å². The highest BCUT2D eigenvalue weighted by Crippen LogP contribution is 2.32. The molecule has 1 N–H and O–H groups in total. The average molecular weight is 380 g/mol. The average Bonchev–Trinajstić information content (AvgIpc) is 2.48. The molecule has 0 unspecified atom stereocenters. The van der Waals surface area contributed by atoms with Crippen molar-refractivity contribution in [1.29, 1.82) is 0 Å². The van der Waals surface area contributed by atoms with Gasteiger partial charge in [-0.15, -0.1) is 0 Å². The number of carbonyl (C=O) groups is 1. The Morgan fingerprint density at radius 3 is 2.55 bits per heavy atom. The number of hydrogen-bond donors (Lipinski definition) is 1. The maximum Gasteiger partial charge on any atom is 0.189 e. The van der Waals surface area contributed by atoms with Crippen LogP contribution in [-0.4, -0.2) is 18.0 Å². The monoisotopic (exact) mass is 380 g/mol. The summed E-state index contributed by atoms with van der Waals surface area (Å²) in [6, 6.07) is 12.8. The molecule has 0 saturated carbocycles. The summed E-state index contributed by atoms with van der Waals surface area (Å²) in [7, 11) is 1.52. The maximum absolute atomic E-state index is 12.1. The molecule has 0 aromatic heterocycles. The third-order valence-electron chi connectivity index (χ3n) is 2.79. The lowest BCUT2D eigenvalue weighted by molar-refractivity contribution is 0.104. The molecule has 0 aliphatic rings. The molecule has 0 spiro atoms. The SMILES string of the molecule is COc1ccc(C(=O)/C=C/c2ccccc2)c(O)c1I. The molecule has 0 atom stereocenters. The van der Waals surface area contributed by atoms with Gasteiger partial charge < -0.3 is 9.84 Å². The second-order valence-corrected chi connectivity index (χ2v) is 5.16. The van der Waals surface area contributed by atoms with E-state index in [0.717, 1.165) is 5.56 Å². The second kappa shape index (κ2) is 6.56. The molecule has 0 heterocycles. The number of halogens is 1. The third-order valence-corrected chi connectivity index (χ3v) is 3.84. The zero-order valence-electron chi connectivity index (χ0n) is 10.8. The first-order chi connectivity index (χ1) is 9.63. The van der Waals surface area contributed by atoms with Crippen molar-refractivity contribution in [3.63, 3.8) is 0 Å². The first-order valence-electron chi connectivity index (χ1n) is 5.96. The van der Waals surface area contributed by atoms with Crippen molar-refractivity contribution in [3.05, 3.63) is 63.2 Å². The van der Waals surface area contributed by atoms with Gasteiger partial charge in [-0.2, -0.15) is 0 Å². The Kier molecular flexibility index (Phi) is 4.79. The summed E-state index contributed by atoms with van der Waals surface area (Å²) in [6.07, 6.45) is 3.17. The van der Waals surface area contributed by atoms with Crippen LogP contribution in [0.3, 0.4) is 0 Å². The van der Waals surface area contributed by atoms with Gasteiger partial charge in [0.2, 0.25) is 0 Å². The largest absolute Gasteiger partial charge is 0.506 e. The van der Waals surface area contributed by atoms with Crippen LogP contribution in [-0.2, 0) is 0 Å². The Hall–Kier alpha value is -1.82. The van der Waals surface area contributed by atoms with Gasteiger partial charge in [0.25, 0.3) is 0 Å². The van der Waals surface area contributed by atoms with E-state index in [4.69, 9.17) is 4.74 Å². The zero-order chi connectivity index (χ0) is 14.5. The minimum atomic E-state index is -0.244. The molecule has 0 amide bonds. The molecule has 0 radical (unpaired) electrons. The number of phenolic OH excluding ortho intramolecular Hbond substituents is 1. The Morgan fingerprint density at radius 2 is 1.90 bits per heavy atom. The van der Waals surface area contributed by atoms with Gasteiger partial charge in [-0.3, -0.25) is 4.79 Å². The van der Waals surface area contributed by atoms with Crippen molar-refractivity contribution in [2.45, 2.75) is 0 Å². The van der Waals surface area contributed by atoms with Gasteiger partial charge in [0.1, 0.15) is 11.5 Å². The molecule has 3 nitrogen and oxygen atoms in total. The van der Waals surface area contributed by atoms with Crippen molar-refractivity contribution in [3.8, 4) is 11.5 Å². The van der Waals surface area contributed by atoms with Crippen LogP contribution in [0.15, 0.2) is 48.5 Å². The normalized spacial score (nSPS) is 10.7. The summed E-state index contributed by atoms with van der Waals surface area (Å²) < 4.78 is 5.62. The van der Waals surface area contributed by atoms with E-state index in [1.165, 1.54) is 13.2 Å². The second-order valence-electron chi connectivity index (χ2n) is 4.09. The van der Waals surface area contributed by atoms with Crippen molar-refractivity contribution in [2.75, 3.05) is 7.11 Å². The Labute approximate surface area is 131 Å². The maximum atomic E-state index is 12.1. The molecular formula is C16H13IO3. The van der Waals surface area contributed by atoms with Crippen LogP contribution in [0.25, 0.3) is 6.08 Å². The van der Waals surface area contributed by atoms with E-state index in [9.17, 15) is 9.90 Å². The highest BCUT2D eigenvalue weighted by atomic mass is 127. The number of ketones is 1. The fraction of sp³-hybridized carbons (Fsp3) is 0.0625. The number of methoxy groups -OCH3 is 1. The Morgan fingerprint density at radius 1 is 1.20 bits per heavy atom. The molecule has 0 aliphatic carbocycles.